The molecular formula is C13H20N2O. The quantitative estimate of drug-likeness (QED) is 0.794. The summed E-state index contributed by atoms with van der Waals surface area (Å²) in [6.07, 6.45) is 7.45. The molecule has 0 aromatic carbocycles. The highest BCUT2D eigenvalue weighted by atomic mass is 16.2. The molecule has 3 heteroatoms. The van der Waals surface area contributed by atoms with Gasteiger partial charge in [0, 0.05) is 6.54 Å². The Kier molecular flexibility index (Phi) is 2.92. The zero-order chi connectivity index (χ0) is 11.6. The summed E-state index contributed by atoms with van der Waals surface area (Å²) in [5.74, 6) is -0.0330. The molecule has 0 aromatic rings. The summed E-state index contributed by atoms with van der Waals surface area (Å²) < 4.78 is 0. The zero-order valence-corrected chi connectivity index (χ0v) is 10.0. The molecule has 0 unspecified atom stereocenters. The molecule has 3 nitrogen and oxygen atoms in total. The number of nitriles is 1. The van der Waals surface area contributed by atoms with E-state index in [1.807, 2.05) is 0 Å². The minimum absolute atomic E-state index is 0.0330. The van der Waals surface area contributed by atoms with Gasteiger partial charge in [0.1, 0.15) is 5.41 Å². The molecule has 0 spiro atoms. The molecule has 2 saturated carbocycles. The van der Waals surface area contributed by atoms with Gasteiger partial charge in [0.05, 0.1) is 6.07 Å². The van der Waals surface area contributed by atoms with Crippen LogP contribution in [0.2, 0.25) is 0 Å². The molecule has 0 atom stereocenters. The normalized spacial score (nSPS) is 25.5. The standard InChI is InChI=1S/C13H20N2O/c1-12(5-2-3-6-12)10-15-11(16)13(9-14)7-4-8-13/h2-8,10H2,1H3,(H,15,16). The molecule has 0 aliphatic heterocycles. The van der Waals surface area contributed by atoms with Gasteiger partial charge in [0.25, 0.3) is 0 Å². The van der Waals surface area contributed by atoms with Gasteiger partial charge in [-0.2, -0.15) is 5.26 Å². The molecule has 1 amide bonds. The van der Waals surface area contributed by atoms with Crippen molar-refractivity contribution in [1.29, 1.82) is 5.26 Å². The Morgan fingerprint density at radius 1 is 1.25 bits per heavy atom. The van der Waals surface area contributed by atoms with Gasteiger partial charge in [-0.3, -0.25) is 4.79 Å². The van der Waals surface area contributed by atoms with E-state index in [-0.39, 0.29) is 11.3 Å². The van der Waals surface area contributed by atoms with Crippen LogP contribution in [0.1, 0.15) is 51.9 Å². The highest BCUT2D eigenvalue weighted by Gasteiger charge is 2.45. The fourth-order valence-corrected chi connectivity index (χ4v) is 2.79. The Bertz CT molecular complexity index is 319. The fraction of sp³-hybridized carbons (Fsp3) is 0.846. The van der Waals surface area contributed by atoms with Gasteiger partial charge in [0.2, 0.25) is 5.91 Å². The minimum atomic E-state index is -0.686. The van der Waals surface area contributed by atoms with Crippen LogP contribution in [0.5, 0.6) is 0 Å². The number of hydrogen-bond acceptors (Lipinski definition) is 2. The Hall–Kier alpha value is -1.04. The monoisotopic (exact) mass is 220 g/mol. The van der Waals surface area contributed by atoms with Crippen molar-refractivity contribution in [2.24, 2.45) is 10.8 Å². The number of nitrogens with one attached hydrogen (secondary N) is 1. The number of nitrogens with zero attached hydrogens (tertiary/aromatic N) is 1. The van der Waals surface area contributed by atoms with Crippen LogP contribution in [0.25, 0.3) is 0 Å². The van der Waals surface area contributed by atoms with E-state index in [4.69, 9.17) is 5.26 Å². The van der Waals surface area contributed by atoms with Crippen LogP contribution in [0, 0.1) is 22.2 Å². The van der Waals surface area contributed by atoms with Crippen molar-refractivity contribution >= 4 is 5.91 Å². The second-order valence-electron chi connectivity index (χ2n) is 5.75. The van der Waals surface area contributed by atoms with Crippen LogP contribution in [-0.2, 0) is 4.79 Å². The van der Waals surface area contributed by atoms with Gasteiger partial charge in [-0.15, -0.1) is 0 Å². The SMILES string of the molecule is CC1(CNC(=O)C2(C#N)CCC2)CCCC1. The number of carbonyl (C=O) groups excluding carboxylic acids is 1. The third-order valence-corrected chi connectivity index (χ3v) is 4.34. The third-order valence-electron chi connectivity index (χ3n) is 4.34. The van der Waals surface area contributed by atoms with Gasteiger partial charge in [-0.1, -0.05) is 19.8 Å². The van der Waals surface area contributed by atoms with E-state index < -0.39 is 5.41 Å². The van der Waals surface area contributed by atoms with Crippen LogP contribution >= 0.6 is 0 Å². The molecule has 2 fully saturated rings. The molecule has 1 N–H and O–H groups in total. The molecular weight excluding hydrogens is 200 g/mol. The Morgan fingerprint density at radius 2 is 1.88 bits per heavy atom. The van der Waals surface area contributed by atoms with Gasteiger partial charge in [-0.05, 0) is 37.5 Å². The molecule has 0 saturated heterocycles. The first-order valence-corrected chi connectivity index (χ1v) is 6.30. The summed E-state index contributed by atoms with van der Waals surface area (Å²) >= 11 is 0. The van der Waals surface area contributed by atoms with Crippen LogP contribution in [0.4, 0.5) is 0 Å². The predicted molar refractivity (Wildman–Crippen MR) is 61.5 cm³/mol. The molecule has 2 aliphatic carbocycles. The lowest BCUT2D eigenvalue weighted by molar-refractivity contribution is -0.132. The number of hydrogen-bond donors (Lipinski definition) is 1. The van der Waals surface area contributed by atoms with Crippen LogP contribution < -0.4 is 5.32 Å². The predicted octanol–water partition coefficient (Wildman–Crippen LogP) is 2.38. The van der Waals surface area contributed by atoms with E-state index in [9.17, 15) is 4.79 Å². The summed E-state index contributed by atoms with van der Waals surface area (Å²) in [5.41, 5.74) is -0.412. The molecule has 2 rings (SSSR count). The maximum Gasteiger partial charge on any atom is 0.240 e. The average molecular weight is 220 g/mol. The number of amides is 1. The third kappa shape index (κ3) is 1.93. The Labute approximate surface area is 97.2 Å². The summed E-state index contributed by atoms with van der Waals surface area (Å²) in [6, 6.07) is 2.19. The molecule has 0 radical (unpaired) electrons. The van der Waals surface area contributed by atoms with E-state index in [1.165, 1.54) is 25.7 Å². The van der Waals surface area contributed by atoms with Gasteiger partial charge < -0.3 is 5.32 Å². The van der Waals surface area contributed by atoms with Gasteiger partial charge >= 0.3 is 0 Å². The molecule has 2 aliphatic rings. The molecule has 0 heterocycles. The van der Waals surface area contributed by atoms with Crippen molar-refractivity contribution in [2.75, 3.05) is 6.54 Å². The summed E-state index contributed by atoms with van der Waals surface area (Å²) in [7, 11) is 0. The first-order valence-electron chi connectivity index (χ1n) is 6.30. The smallest absolute Gasteiger partial charge is 0.240 e. The fourth-order valence-electron chi connectivity index (χ4n) is 2.79. The zero-order valence-electron chi connectivity index (χ0n) is 10.0. The van der Waals surface area contributed by atoms with Crippen molar-refractivity contribution in [1.82, 2.24) is 5.32 Å². The van der Waals surface area contributed by atoms with E-state index in [2.05, 4.69) is 18.3 Å². The Balaban J connectivity index is 1.86. The van der Waals surface area contributed by atoms with Crippen LogP contribution in [-0.4, -0.2) is 12.5 Å². The van der Waals surface area contributed by atoms with Crippen molar-refractivity contribution in [3.63, 3.8) is 0 Å². The van der Waals surface area contributed by atoms with Crippen LogP contribution in [0.3, 0.4) is 0 Å². The minimum Gasteiger partial charge on any atom is -0.354 e. The van der Waals surface area contributed by atoms with Crippen molar-refractivity contribution < 1.29 is 4.79 Å². The second kappa shape index (κ2) is 4.08. The van der Waals surface area contributed by atoms with E-state index >= 15 is 0 Å². The van der Waals surface area contributed by atoms with E-state index in [0.717, 1.165) is 25.8 Å². The average Bonchev–Trinajstić information content (AvgIpc) is 2.62. The summed E-state index contributed by atoms with van der Waals surface area (Å²) in [4.78, 5) is 11.9. The second-order valence-corrected chi connectivity index (χ2v) is 5.75. The highest BCUT2D eigenvalue weighted by Crippen LogP contribution is 2.41. The van der Waals surface area contributed by atoms with E-state index in [0.29, 0.717) is 0 Å². The first kappa shape index (κ1) is 11.4. The maximum absolute atomic E-state index is 11.9. The van der Waals surface area contributed by atoms with Crippen molar-refractivity contribution in [3.8, 4) is 6.07 Å². The van der Waals surface area contributed by atoms with E-state index in [1.54, 1.807) is 0 Å². The Morgan fingerprint density at radius 3 is 2.31 bits per heavy atom. The van der Waals surface area contributed by atoms with Gasteiger partial charge in [-0.25, -0.2) is 0 Å². The first-order chi connectivity index (χ1) is 7.60. The lowest BCUT2D eigenvalue weighted by Crippen LogP contribution is -2.47. The van der Waals surface area contributed by atoms with Gasteiger partial charge in [0.15, 0.2) is 0 Å². The van der Waals surface area contributed by atoms with Crippen molar-refractivity contribution in [3.05, 3.63) is 0 Å². The summed E-state index contributed by atoms with van der Waals surface area (Å²) in [5, 5.41) is 12.0. The number of rotatable bonds is 3. The largest absolute Gasteiger partial charge is 0.354 e. The molecule has 16 heavy (non-hydrogen) atoms. The topological polar surface area (TPSA) is 52.9 Å². The molecule has 0 bridgehead atoms. The lowest BCUT2D eigenvalue weighted by atomic mass is 9.69. The summed E-state index contributed by atoms with van der Waals surface area (Å²) in [6.45, 7) is 2.98. The molecule has 0 aromatic heterocycles. The highest BCUT2D eigenvalue weighted by molar-refractivity contribution is 5.86. The van der Waals surface area contributed by atoms with Crippen molar-refractivity contribution in [2.45, 2.75) is 51.9 Å². The molecule has 88 valence electrons. The number of carbonyl (C=O) groups is 1. The maximum atomic E-state index is 11.9. The lowest BCUT2D eigenvalue weighted by Gasteiger charge is -2.35. The van der Waals surface area contributed by atoms with Crippen LogP contribution in [0.15, 0.2) is 0 Å².